The molecule has 0 spiro atoms. The summed E-state index contributed by atoms with van der Waals surface area (Å²) in [5, 5.41) is 21.1. The van der Waals surface area contributed by atoms with E-state index in [2.05, 4.69) is 30.3 Å². The predicted octanol–water partition coefficient (Wildman–Crippen LogP) is 6.98. The number of alkyl halides is 1. The third-order valence-corrected chi connectivity index (χ3v) is 19.6. The molecule has 0 saturated carbocycles. The van der Waals surface area contributed by atoms with Gasteiger partial charge in [0.15, 0.2) is 94.3 Å². The molecule has 0 aliphatic heterocycles. The smallest absolute Gasteiger partial charge is 1.00 e. The number of ether oxygens (including phenoxy) is 13. The zero-order valence-corrected chi connectivity index (χ0v) is 70.3. The van der Waals surface area contributed by atoms with Crippen molar-refractivity contribution >= 4 is 155 Å². The van der Waals surface area contributed by atoms with Gasteiger partial charge in [-0.15, -0.1) is 45.3 Å². The molecular formula is C69H77BrF2K2O25S4. The van der Waals surface area contributed by atoms with Crippen molar-refractivity contribution in [3.63, 3.8) is 0 Å². The van der Waals surface area contributed by atoms with Crippen molar-refractivity contribution in [1.82, 2.24) is 0 Å². The van der Waals surface area contributed by atoms with Gasteiger partial charge < -0.3 is 78.3 Å². The van der Waals surface area contributed by atoms with E-state index in [9.17, 15) is 47.9 Å². The first-order chi connectivity index (χ1) is 48.3. The third-order valence-electron chi connectivity index (χ3n) is 14.5. The largest absolute Gasteiger partial charge is 1.00 e. The molecular weight excluding hydrogens is 1550 g/mol. The van der Waals surface area contributed by atoms with Gasteiger partial charge in [0.2, 0.25) is 0 Å². The number of methoxy groups -OCH3 is 8. The number of thiophene rings is 4. The van der Waals surface area contributed by atoms with E-state index in [1.54, 1.807) is 70.2 Å². The zero-order valence-electron chi connectivity index (χ0n) is 60.2. The molecule has 550 valence electrons. The molecule has 0 amide bonds. The average Bonchev–Trinajstić information content (AvgIpc) is 1.63. The number of Topliss-reactive ketones (excluding diaryl/α,β-unsaturated/α-hetero) is 4. The van der Waals surface area contributed by atoms with Gasteiger partial charge in [0.1, 0.15) is 0 Å². The van der Waals surface area contributed by atoms with E-state index in [1.807, 2.05) is 0 Å². The van der Waals surface area contributed by atoms with E-state index in [4.69, 9.17) is 62.2 Å². The predicted molar refractivity (Wildman–Crippen MR) is 375 cm³/mol. The van der Waals surface area contributed by atoms with Gasteiger partial charge in [-0.3, -0.25) is 43.2 Å². The topological polar surface area (TPSA) is 326 Å². The van der Waals surface area contributed by atoms with E-state index in [1.165, 1.54) is 97.8 Å². The Morgan fingerprint density at radius 2 is 0.786 bits per heavy atom. The van der Waals surface area contributed by atoms with Crippen LogP contribution in [0.4, 0.5) is 8.78 Å². The number of phenolic OH excluding ortho intramolecular Hbond substituents is 1. The van der Waals surface area contributed by atoms with Gasteiger partial charge in [0.25, 0.3) is 6.47 Å². The summed E-state index contributed by atoms with van der Waals surface area (Å²) in [4.78, 5) is 110. The van der Waals surface area contributed by atoms with Crippen molar-refractivity contribution < 1.29 is 233 Å². The van der Waals surface area contributed by atoms with Crippen LogP contribution in [-0.2, 0) is 57.3 Å². The molecule has 0 aliphatic rings. The number of rotatable bonds is 35. The Labute approximate surface area is 703 Å². The molecule has 34 heteroatoms. The number of esters is 4. The molecule has 1 N–H and O–H groups in total. The summed E-state index contributed by atoms with van der Waals surface area (Å²) in [5.74, 6) is -4.57. The fourth-order valence-corrected chi connectivity index (χ4v) is 13.6. The molecule has 0 unspecified atom stereocenters. The number of hydrogen-bond acceptors (Lipinski definition) is 29. The molecule has 4 aromatic heterocycles. The van der Waals surface area contributed by atoms with Crippen molar-refractivity contribution in [2.24, 2.45) is 23.7 Å². The van der Waals surface area contributed by atoms with Gasteiger partial charge >= 0.3 is 127 Å². The van der Waals surface area contributed by atoms with Crippen molar-refractivity contribution in [3.05, 3.63) is 91.8 Å². The van der Waals surface area contributed by atoms with Crippen LogP contribution in [0, 0.1) is 35.3 Å². The standard InChI is InChI=1S/C34H37FO11S2.C18H20BrFO5S.C16H18O6S.CH2O3.2K.H/c1-18(33(38)42-5)10-22(36)29-13-20-12-24(25(46-17-40-3)15-27(20)47-29)44-8-7-9-45-32-26(41-4)16-28-21(31(32)35)14-30(48-28)23(37)11-19(2)34(39)43-6;1-10(18(22)24-3)7-12(21)15-8-11-14(26-15)9-13(23-2)17(16(11)20)25-6-4-5-19;1-9(16(19)21-3)4-12(18)15-6-10-5-11(17)13(22-8-20-2)7-14(10)23-15;2-1-4-3;;;/h12-16,18-19H,7-11,17H2,1-6H3;8-10H,4-7H2,1-3H3;5-7,9,17H,4,8H2,1-3H3;1,3H;;;/q;;;;2*+1;-1/p-1/t18-,19-;10-;9-;;;;/m000..../s1. The fraction of sp³-hybridized carbons (Fsp3) is 0.406. The molecule has 4 atom stereocenters. The van der Waals surface area contributed by atoms with E-state index in [0.29, 0.717) is 64.6 Å². The molecule has 103 heavy (non-hydrogen) atoms. The van der Waals surface area contributed by atoms with Crippen LogP contribution in [0.3, 0.4) is 0 Å². The molecule has 4 heterocycles. The second kappa shape index (κ2) is 46.7. The Morgan fingerprint density at radius 3 is 1.15 bits per heavy atom. The van der Waals surface area contributed by atoms with E-state index in [0.717, 1.165) is 54.6 Å². The first-order valence-corrected chi connectivity index (χ1v) is 35.0. The second-order valence-corrected chi connectivity index (χ2v) is 27.0. The van der Waals surface area contributed by atoms with Gasteiger partial charge in [0, 0.05) is 105 Å². The normalized spacial score (nSPS) is 11.7. The Morgan fingerprint density at radius 1 is 0.466 bits per heavy atom. The Hall–Kier alpha value is -5.36. The summed E-state index contributed by atoms with van der Waals surface area (Å²) in [6.07, 6.45) is 1.13. The minimum absolute atomic E-state index is 0. The molecule has 0 aliphatic carbocycles. The van der Waals surface area contributed by atoms with Crippen LogP contribution >= 0.6 is 61.3 Å². The molecule has 4 aromatic carbocycles. The molecule has 8 aromatic rings. The summed E-state index contributed by atoms with van der Waals surface area (Å²) < 4.78 is 101. The molecule has 0 fully saturated rings. The van der Waals surface area contributed by atoms with Crippen molar-refractivity contribution in [2.75, 3.05) is 95.6 Å². The number of fused-ring (bicyclic) bond motifs is 4. The van der Waals surface area contributed by atoms with Crippen LogP contribution in [0.5, 0.6) is 46.0 Å². The van der Waals surface area contributed by atoms with Crippen molar-refractivity contribution in [2.45, 2.75) is 66.2 Å². The fourth-order valence-electron chi connectivity index (χ4n) is 9.31. The van der Waals surface area contributed by atoms with Gasteiger partial charge in [-0.25, -0.2) is 8.78 Å². The number of benzene rings is 4. The second-order valence-electron chi connectivity index (χ2n) is 21.8. The van der Waals surface area contributed by atoms with Crippen molar-refractivity contribution in [3.8, 4) is 46.0 Å². The van der Waals surface area contributed by atoms with Crippen LogP contribution in [0.1, 0.15) is 106 Å². The van der Waals surface area contributed by atoms with Crippen molar-refractivity contribution in [1.29, 1.82) is 0 Å². The Balaban J connectivity index is 0.000000554. The molecule has 0 bridgehead atoms. The minimum Gasteiger partial charge on any atom is -1.00 e. The summed E-state index contributed by atoms with van der Waals surface area (Å²) in [7, 11) is 10.9. The monoisotopic (exact) mass is 1630 g/mol. The summed E-state index contributed by atoms with van der Waals surface area (Å²) >= 11 is 8.14. The number of aromatic hydroxyl groups is 1. The SMILES string of the molecule is COC(=O)[C@@H](C)CC(=O)c1cc2c(F)c(OCCCBr)c(OC)cc2s1.COCOc1cc2sc(C(=O)C[C@H](C)C(=O)OC)cc2cc1O.COCOc1cc2sc(C(=O)C[C@H](C)C(=O)OC)cc2cc1OCCCOc1c(OC)cc2sc(C(=O)C[C@H](C)C(=O)OC)cc2c1F.O=CO[O-].[H-].[K+].[K+]. The maximum absolute atomic E-state index is 15.6. The van der Waals surface area contributed by atoms with Gasteiger partial charge in [-0.1, -0.05) is 43.6 Å². The number of ketones is 4. The Bertz CT molecular complexity index is 4200. The van der Waals surface area contributed by atoms with E-state index in [-0.39, 0.29) is 220 Å². The average molecular weight is 1630 g/mol. The number of phenols is 1. The summed E-state index contributed by atoms with van der Waals surface area (Å²) in [5.41, 5.74) is 0. The summed E-state index contributed by atoms with van der Waals surface area (Å²) in [6.45, 7) is 6.94. The Kier molecular flexibility index (Phi) is 41.6. The number of halogens is 3. The van der Waals surface area contributed by atoms with Crippen LogP contribution in [0.25, 0.3) is 40.3 Å². The number of hydrogen-bond donors (Lipinski definition) is 1. The molecule has 0 saturated heterocycles. The first-order valence-electron chi connectivity index (χ1n) is 30.6. The number of carbonyl (C=O) groups excluding carboxylic acids is 9. The first kappa shape index (κ1) is 91.9. The maximum Gasteiger partial charge on any atom is 1.00 e. The van der Waals surface area contributed by atoms with Gasteiger partial charge in [-0.05, 0) is 53.6 Å². The third kappa shape index (κ3) is 26.5. The zero-order chi connectivity index (χ0) is 74.6. The van der Waals surface area contributed by atoms with Crippen LogP contribution < -0.4 is 141 Å². The minimum atomic E-state index is -0.661. The van der Waals surface area contributed by atoms with Gasteiger partial charge in [0.05, 0.1) is 106 Å². The van der Waals surface area contributed by atoms with Crippen LogP contribution in [0.15, 0.2) is 60.7 Å². The van der Waals surface area contributed by atoms with E-state index >= 15 is 4.39 Å². The number of carbonyl (C=O) groups is 9. The molecule has 8 rings (SSSR count). The molecule has 0 radical (unpaired) electrons. The van der Waals surface area contributed by atoms with Crippen LogP contribution in [0.2, 0.25) is 0 Å². The summed E-state index contributed by atoms with van der Waals surface area (Å²) in [6, 6.07) is 16.4. The maximum atomic E-state index is 15.6. The van der Waals surface area contributed by atoms with Crippen LogP contribution in [-0.4, -0.2) is 154 Å². The van der Waals surface area contributed by atoms with E-state index < -0.39 is 59.2 Å². The molecule has 25 nitrogen and oxygen atoms in total. The van der Waals surface area contributed by atoms with Gasteiger partial charge in [-0.2, -0.15) is 0 Å². The quantitative estimate of drug-likeness (QED) is 0.00400.